The number of sulfonamides is 1. The Morgan fingerprint density at radius 1 is 1.52 bits per heavy atom. The fourth-order valence-corrected chi connectivity index (χ4v) is 4.10. The van der Waals surface area contributed by atoms with Crippen LogP contribution in [-0.2, 0) is 21.3 Å². The first-order valence-electron chi connectivity index (χ1n) is 7.25. The summed E-state index contributed by atoms with van der Waals surface area (Å²) in [5.41, 5.74) is 1.14. The van der Waals surface area contributed by atoms with Gasteiger partial charge in [-0.15, -0.1) is 0 Å². The van der Waals surface area contributed by atoms with Crippen LogP contribution >= 0.6 is 0 Å². The molecule has 0 unspecified atom stereocenters. The second kappa shape index (κ2) is 6.00. The lowest BCUT2D eigenvalue weighted by molar-refractivity contribution is -0.0193. The number of aromatic nitrogens is 1. The molecule has 0 radical (unpaired) electrons. The van der Waals surface area contributed by atoms with Crippen LogP contribution in [-0.4, -0.2) is 55.9 Å². The molecular weight excluding hydrogens is 290 g/mol. The van der Waals surface area contributed by atoms with E-state index in [1.807, 2.05) is 18.3 Å². The van der Waals surface area contributed by atoms with Crippen LogP contribution in [0.15, 0.2) is 24.5 Å². The Hall–Kier alpha value is -1.02. The second-order valence-corrected chi connectivity index (χ2v) is 7.61. The summed E-state index contributed by atoms with van der Waals surface area (Å²) in [7, 11) is -3.22. The summed E-state index contributed by atoms with van der Waals surface area (Å²) in [6.45, 7) is 2.17. The van der Waals surface area contributed by atoms with Gasteiger partial charge in [-0.3, -0.25) is 9.88 Å². The topological polar surface area (TPSA) is 71.5 Å². The second-order valence-electron chi connectivity index (χ2n) is 5.83. The maximum Gasteiger partial charge on any atom is 0.209 e. The molecule has 2 aliphatic rings. The highest BCUT2D eigenvalue weighted by atomic mass is 32.2. The average molecular weight is 311 g/mol. The molecule has 3 atom stereocenters. The highest BCUT2D eigenvalue weighted by Crippen LogP contribution is 2.30. The normalized spacial score (nSPS) is 30.2. The zero-order valence-corrected chi connectivity index (χ0v) is 12.9. The van der Waals surface area contributed by atoms with Crippen LogP contribution in [0.1, 0.15) is 18.4 Å². The molecule has 0 spiro atoms. The highest BCUT2D eigenvalue weighted by Gasteiger charge is 2.44. The van der Waals surface area contributed by atoms with Gasteiger partial charge in [0.05, 0.1) is 18.4 Å². The fourth-order valence-electron chi connectivity index (χ4n) is 3.34. The molecule has 6 nitrogen and oxygen atoms in total. The van der Waals surface area contributed by atoms with Crippen LogP contribution in [0.5, 0.6) is 0 Å². The van der Waals surface area contributed by atoms with Crippen molar-refractivity contribution < 1.29 is 13.2 Å². The number of hydrogen-bond acceptors (Lipinski definition) is 5. The number of nitrogens with one attached hydrogen (secondary N) is 1. The zero-order chi connectivity index (χ0) is 14.9. The van der Waals surface area contributed by atoms with Gasteiger partial charge in [0, 0.05) is 38.1 Å². The number of nitrogens with zero attached hydrogens (tertiary/aromatic N) is 2. The van der Waals surface area contributed by atoms with E-state index in [-0.39, 0.29) is 18.2 Å². The third kappa shape index (κ3) is 3.60. The minimum atomic E-state index is -3.22. The van der Waals surface area contributed by atoms with E-state index >= 15 is 0 Å². The number of rotatable bonds is 4. The molecule has 0 saturated carbocycles. The van der Waals surface area contributed by atoms with Gasteiger partial charge in [0.2, 0.25) is 10.0 Å². The van der Waals surface area contributed by atoms with Gasteiger partial charge in [-0.05, 0) is 24.5 Å². The number of ether oxygens (including phenoxy) is 1. The Kier molecular flexibility index (Phi) is 4.26. The van der Waals surface area contributed by atoms with Crippen molar-refractivity contribution in [2.45, 2.75) is 37.6 Å². The lowest BCUT2D eigenvalue weighted by Gasteiger charge is -2.32. The maximum absolute atomic E-state index is 11.5. The molecular formula is C14H21N3O3S. The summed E-state index contributed by atoms with van der Waals surface area (Å²) in [5.74, 6) is 0. The molecule has 2 aliphatic heterocycles. The number of fused-ring (bicyclic) bond motifs is 1. The lowest BCUT2D eigenvalue weighted by Crippen LogP contribution is -2.47. The summed E-state index contributed by atoms with van der Waals surface area (Å²) in [5, 5.41) is 0. The quantitative estimate of drug-likeness (QED) is 0.869. The molecule has 1 aromatic rings. The van der Waals surface area contributed by atoms with E-state index in [1.165, 1.54) is 6.26 Å². The van der Waals surface area contributed by atoms with Crippen molar-refractivity contribution in [1.82, 2.24) is 14.6 Å². The predicted octanol–water partition coefficient (Wildman–Crippen LogP) is 0.363. The first kappa shape index (κ1) is 14.9. The maximum atomic E-state index is 11.5. The number of pyridine rings is 1. The van der Waals surface area contributed by atoms with Crippen LogP contribution in [0.25, 0.3) is 0 Å². The molecule has 0 aromatic carbocycles. The van der Waals surface area contributed by atoms with E-state index in [0.717, 1.165) is 24.9 Å². The molecule has 2 fully saturated rings. The van der Waals surface area contributed by atoms with Gasteiger partial charge in [-0.2, -0.15) is 0 Å². The third-order valence-electron chi connectivity index (χ3n) is 4.10. The fraction of sp³-hybridized carbons (Fsp3) is 0.643. The molecule has 3 heterocycles. The van der Waals surface area contributed by atoms with Crippen molar-refractivity contribution in [3.63, 3.8) is 0 Å². The summed E-state index contributed by atoms with van der Waals surface area (Å²) in [4.78, 5) is 6.45. The van der Waals surface area contributed by atoms with Crippen LogP contribution in [0.3, 0.4) is 0 Å². The average Bonchev–Trinajstić information content (AvgIpc) is 2.77. The largest absolute Gasteiger partial charge is 0.375 e. The first-order valence-corrected chi connectivity index (χ1v) is 9.14. The molecule has 116 valence electrons. The van der Waals surface area contributed by atoms with Gasteiger partial charge >= 0.3 is 0 Å². The van der Waals surface area contributed by atoms with Crippen molar-refractivity contribution in [2.75, 3.05) is 19.4 Å². The van der Waals surface area contributed by atoms with Crippen LogP contribution in [0.4, 0.5) is 0 Å². The molecule has 0 amide bonds. The summed E-state index contributed by atoms with van der Waals surface area (Å²) >= 11 is 0. The van der Waals surface area contributed by atoms with E-state index < -0.39 is 10.0 Å². The van der Waals surface area contributed by atoms with E-state index in [9.17, 15) is 8.42 Å². The molecule has 1 N–H and O–H groups in total. The van der Waals surface area contributed by atoms with Crippen molar-refractivity contribution in [2.24, 2.45) is 0 Å². The molecule has 2 saturated heterocycles. The Bertz CT molecular complexity index is 578. The third-order valence-corrected chi connectivity index (χ3v) is 4.84. The van der Waals surface area contributed by atoms with Crippen molar-refractivity contribution >= 4 is 10.0 Å². The van der Waals surface area contributed by atoms with Gasteiger partial charge < -0.3 is 4.74 Å². The van der Waals surface area contributed by atoms with Crippen molar-refractivity contribution in [1.29, 1.82) is 0 Å². The van der Waals surface area contributed by atoms with Crippen molar-refractivity contribution in [3.8, 4) is 0 Å². The minimum absolute atomic E-state index is 0.0508. The lowest BCUT2D eigenvalue weighted by atomic mass is 10.0. The molecule has 0 bridgehead atoms. The van der Waals surface area contributed by atoms with Gasteiger partial charge in [-0.1, -0.05) is 6.07 Å². The van der Waals surface area contributed by atoms with Crippen LogP contribution < -0.4 is 4.72 Å². The van der Waals surface area contributed by atoms with Crippen LogP contribution in [0, 0.1) is 0 Å². The highest BCUT2D eigenvalue weighted by molar-refractivity contribution is 7.88. The molecule has 3 rings (SSSR count). The van der Waals surface area contributed by atoms with E-state index in [0.29, 0.717) is 13.2 Å². The Balaban J connectivity index is 1.75. The molecule has 0 aliphatic carbocycles. The predicted molar refractivity (Wildman–Crippen MR) is 79.2 cm³/mol. The molecule has 1 aromatic heterocycles. The summed E-state index contributed by atoms with van der Waals surface area (Å²) in [6, 6.07) is 4.08. The van der Waals surface area contributed by atoms with E-state index in [4.69, 9.17) is 4.74 Å². The number of likely N-dealkylation sites (tertiary alicyclic amines) is 1. The smallest absolute Gasteiger partial charge is 0.209 e. The Morgan fingerprint density at radius 2 is 2.38 bits per heavy atom. The molecule has 21 heavy (non-hydrogen) atoms. The minimum Gasteiger partial charge on any atom is -0.375 e. The van der Waals surface area contributed by atoms with Crippen molar-refractivity contribution in [3.05, 3.63) is 30.1 Å². The first-order chi connectivity index (χ1) is 10.0. The Labute approximate surface area is 125 Å². The van der Waals surface area contributed by atoms with Crippen LogP contribution in [0.2, 0.25) is 0 Å². The summed E-state index contributed by atoms with van der Waals surface area (Å²) < 4.78 is 31.6. The Morgan fingerprint density at radius 3 is 3.10 bits per heavy atom. The van der Waals surface area contributed by atoms with E-state index in [2.05, 4.69) is 14.6 Å². The summed E-state index contributed by atoms with van der Waals surface area (Å²) in [6.07, 6.45) is 6.84. The van der Waals surface area contributed by atoms with E-state index in [1.54, 1.807) is 6.20 Å². The van der Waals surface area contributed by atoms with Gasteiger partial charge in [-0.25, -0.2) is 13.1 Å². The molecule has 7 heteroatoms. The standard InChI is InChI=1S/C14H21N3O3S/c1-21(18,19)16-12-10-17(9-11-4-2-6-15-8-11)13-5-3-7-20-14(12)13/h2,4,6,8,12-14,16H,3,5,7,9-10H2,1H3/t12-,13-,14-/m1/s1. The number of hydrogen-bond donors (Lipinski definition) is 1. The monoisotopic (exact) mass is 311 g/mol. The zero-order valence-electron chi connectivity index (χ0n) is 12.1. The van der Waals surface area contributed by atoms with Gasteiger partial charge in [0.15, 0.2) is 0 Å². The van der Waals surface area contributed by atoms with Gasteiger partial charge in [0.25, 0.3) is 0 Å². The SMILES string of the molecule is CS(=O)(=O)N[C@@H]1CN(Cc2cccnc2)[C@@H]2CCCO[C@@H]21. The van der Waals surface area contributed by atoms with Gasteiger partial charge in [0.1, 0.15) is 0 Å².